The molecule has 1 aliphatic heterocycles. The largest absolute Gasteiger partial charge is 0.338 e. The summed E-state index contributed by atoms with van der Waals surface area (Å²) in [5.74, 6) is 0. The summed E-state index contributed by atoms with van der Waals surface area (Å²) < 4.78 is 1.81. The molecule has 1 atom stereocenters. The van der Waals surface area contributed by atoms with Crippen LogP contribution in [-0.4, -0.2) is 46.4 Å². The number of piperidine rings is 1. The van der Waals surface area contributed by atoms with Gasteiger partial charge in [-0.25, -0.2) is 9.48 Å². The fraction of sp³-hybridized carbons (Fsp3) is 0.500. The molecule has 6 nitrogen and oxygen atoms in total. The quantitative estimate of drug-likeness (QED) is 0.751. The van der Waals surface area contributed by atoms with Crippen molar-refractivity contribution < 1.29 is 4.79 Å². The molecule has 0 aliphatic carbocycles. The number of urea groups is 1. The molecule has 1 unspecified atom stereocenters. The fourth-order valence-electron chi connectivity index (χ4n) is 3.41. The molecule has 1 aliphatic rings. The van der Waals surface area contributed by atoms with Gasteiger partial charge in [0.1, 0.15) is 0 Å². The second kappa shape index (κ2) is 9.38. The first-order valence-electron chi connectivity index (χ1n) is 9.57. The van der Waals surface area contributed by atoms with Crippen LogP contribution >= 0.6 is 0 Å². The number of rotatable bonds is 7. The van der Waals surface area contributed by atoms with Crippen LogP contribution in [0.2, 0.25) is 0 Å². The molecule has 2 amide bonds. The maximum atomic E-state index is 11.9. The van der Waals surface area contributed by atoms with E-state index < -0.39 is 0 Å². The molecule has 1 saturated heterocycles. The second-order valence-corrected chi connectivity index (χ2v) is 6.96. The average molecular weight is 355 g/mol. The predicted octanol–water partition coefficient (Wildman–Crippen LogP) is 2.94. The van der Waals surface area contributed by atoms with Gasteiger partial charge < -0.3 is 15.5 Å². The number of carbonyl (C=O) groups is 1. The van der Waals surface area contributed by atoms with Gasteiger partial charge in [-0.2, -0.15) is 5.10 Å². The lowest BCUT2D eigenvalue weighted by molar-refractivity contribution is 0.159. The third-order valence-electron chi connectivity index (χ3n) is 5.01. The Kier molecular flexibility index (Phi) is 6.66. The molecule has 26 heavy (non-hydrogen) atoms. The first kappa shape index (κ1) is 18.5. The van der Waals surface area contributed by atoms with E-state index in [0.717, 1.165) is 24.2 Å². The minimum Gasteiger partial charge on any atom is -0.338 e. The fourth-order valence-corrected chi connectivity index (χ4v) is 3.41. The summed E-state index contributed by atoms with van der Waals surface area (Å²) in [7, 11) is 0. The average Bonchev–Trinajstić information content (AvgIpc) is 3.20. The minimum absolute atomic E-state index is 0.104. The molecule has 2 heterocycles. The minimum atomic E-state index is -0.104. The molecule has 0 radical (unpaired) electrons. The number of aromatic nitrogens is 2. The molecule has 2 N–H and O–H groups in total. The molecule has 1 aromatic carbocycles. The third kappa shape index (κ3) is 5.33. The smallest absolute Gasteiger partial charge is 0.315 e. The summed E-state index contributed by atoms with van der Waals surface area (Å²) in [6, 6.07) is 10.5. The van der Waals surface area contributed by atoms with Crippen LogP contribution in [0, 0.1) is 0 Å². The Morgan fingerprint density at radius 1 is 1.23 bits per heavy atom. The summed E-state index contributed by atoms with van der Waals surface area (Å²) in [5, 5.41) is 10.1. The van der Waals surface area contributed by atoms with Crippen molar-refractivity contribution in [2.75, 3.05) is 19.6 Å². The van der Waals surface area contributed by atoms with Gasteiger partial charge in [0.2, 0.25) is 0 Å². The number of amides is 2. The highest BCUT2D eigenvalue weighted by Gasteiger charge is 2.17. The monoisotopic (exact) mass is 355 g/mol. The number of nitrogens with one attached hydrogen (secondary N) is 2. The highest BCUT2D eigenvalue weighted by atomic mass is 16.2. The number of carbonyl (C=O) groups excluding carboxylic acids is 1. The van der Waals surface area contributed by atoms with E-state index >= 15 is 0 Å². The first-order chi connectivity index (χ1) is 12.7. The number of hydrogen-bond acceptors (Lipinski definition) is 3. The van der Waals surface area contributed by atoms with E-state index in [1.54, 1.807) is 6.20 Å². The maximum absolute atomic E-state index is 11.9. The Morgan fingerprint density at radius 3 is 2.81 bits per heavy atom. The van der Waals surface area contributed by atoms with Crippen molar-refractivity contribution >= 4 is 6.03 Å². The molecule has 140 valence electrons. The molecule has 0 bridgehead atoms. The Bertz CT molecular complexity index is 668. The van der Waals surface area contributed by atoms with Crippen LogP contribution in [0.25, 0.3) is 5.69 Å². The molecule has 3 rings (SSSR count). The van der Waals surface area contributed by atoms with Crippen molar-refractivity contribution in [2.45, 2.75) is 45.2 Å². The molecule has 1 aromatic heterocycles. The molecular formula is C20H29N5O. The topological polar surface area (TPSA) is 62.2 Å². The van der Waals surface area contributed by atoms with Crippen molar-refractivity contribution in [1.82, 2.24) is 25.3 Å². The van der Waals surface area contributed by atoms with E-state index in [1.807, 2.05) is 41.2 Å². The second-order valence-electron chi connectivity index (χ2n) is 6.96. The Balaban J connectivity index is 1.32. The van der Waals surface area contributed by atoms with Crippen LogP contribution in [0.3, 0.4) is 0 Å². The third-order valence-corrected chi connectivity index (χ3v) is 5.01. The Labute approximate surface area is 155 Å². The SMILES string of the molecule is CC1CCCCN1CCCNC(=O)NCc1ccc(-n2cccn2)cc1. The van der Waals surface area contributed by atoms with Gasteiger partial charge in [-0.3, -0.25) is 0 Å². The maximum Gasteiger partial charge on any atom is 0.315 e. The van der Waals surface area contributed by atoms with E-state index in [9.17, 15) is 4.79 Å². The van der Waals surface area contributed by atoms with E-state index in [-0.39, 0.29) is 6.03 Å². The van der Waals surface area contributed by atoms with Gasteiger partial charge in [0, 0.05) is 38.1 Å². The van der Waals surface area contributed by atoms with Crippen LogP contribution in [0.1, 0.15) is 38.2 Å². The number of likely N-dealkylation sites (tertiary alicyclic amines) is 1. The van der Waals surface area contributed by atoms with Crippen LogP contribution in [0.4, 0.5) is 4.79 Å². The lowest BCUT2D eigenvalue weighted by Gasteiger charge is -2.33. The Hall–Kier alpha value is -2.34. The summed E-state index contributed by atoms with van der Waals surface area (Å²) in [6.07, 6.45) is 8.61. The van der Waals surface area contributed by atoms with Crippen LogP contribution < -0.4 is 10.6 Å². The summed E-state index contributed by atoms with van der Waals surface area (Å²) in [4.78, 5) is 14.5. The summed E-state index contributed by atoms with van der Waals surface area (Å²) in [6.45, 7) is 5.80. The number of hydrogen-bond donors (Lipinski definition) is 2. The van der Waals surface area contributed by atoms with Crippen LogP contribution in [0.5, 0.6) is 0 Å². The zero-order valence-corrected chi connectivity index (χ0v) is 15.5. The van der Waals surface area contributed by atoms with Gasteiger partial charge in [0.25, 0.3) is 0 Å². The molecule has 6 heteroatoms. The molecule has 0 saturated carbocycles. The lowest BCUT2D eigenvalue weighted by Crippen LogP contribution is -2.40. The van der Waals surface area contributed by atoms with E-state index in [2.05, 4.69) is 27.6 Å². The highest BCUT2D eigenvalue weighted by Crippen LogP contribution is 2.16. The summed E-state index contributed by atoms with van der Waals surface area (Å²) >= 11 is 0. The first-order valence-corrected chi connectivity index (χ1v) is 9.57. The number of benzene rings is 1. The molecule has 0 spiro atoms. The van der Waals surface area contributed by atoms with E-state index in [4.69, 9.17) is 0 Å². The predicted molar refractivity (Wildman–Crippen MR) is 103 cm³/mol. The molecule has 2 aromatic rings. The normalized spacial score (nSPS) is 17.8. The highest BCUT2D eigenvalue weighted by molar-refractivity contribution is 5.73. The Morgan fingerprint density at radius 2 is 2.08 bits per heavy atom. The lowest BCUT2D eigenvalue weighted by atomic mass is 10.0. The van der Waals surface area contributed by atoms with Gasteiger partial charge >= 0.3 is 6.03 Å². The van der Waals surface area contributed by atoms with Crippen molar-refractivity contribution in [3.63, 3.8) is 0 Å². The zero-order valence-electron chi connectivity index (χ0n) is 15.5. The molecular weight excluding hydrogens is 326 g/mol. The standard InChI is InChI=1S/C20H29N5O/c1-17-6-2-3-13-24(17)14-4-11-21-20(26)22-16-18-7-9-19(10-8-18)25-15-5-12-23-25/h5,7-10,12,15,17H,2-4,6,11,13-14,16H2,1H3,(H2,21,22,26). The van der Waals surface area contributed by atoms with Gasteiger partial charge in [-0.15, -0.1) is 0 Å². The van der Waals surface area contributed by atoms with Gasteiger partial charge in [-0.05, 0) is 56.5 Å². The van der Waals surface area contributed by atoms with E-state index in [0.29, 0.717) is 19.1 Å². The van der Waals surface area contributed by atoms with Crippen molar-refractivity contribution in [1.29, 1.82) is 0 Å². The van der Waals surface area contributed by atoms with E-state index in [1.165, 1.54) is 25.8 Å². The summed E-state index contributed by atoms with van der Waals surface area (Å²) in [5.41, 5.74) is 2.08. The van der Waals surface area contributed by atoms with Crippen LogP contribution in [-0.2, 0) is 6.54 Å². The molecule has 1 fully saturated rings. The van der Waals surface area contributed by atoms with Crippen LogP contribution in [0.15, 0.2) is 42.7 Å². The van der Waals surface area contributed by atoms with Crippen molar-refractivity contribution in [2.24, 2.45) is 0 Å². The van der Waals surface area contributed by atoms with Crippen molar-refractivity contribution in [3.8, 4) is 5.69 Å². The van der Waals surface area contributed by atoms with Crippen molar-refractivity contribution in [3.05, 3.63) is 48.3 Å². The van der Waals surface area contributed by atoms with Gasteiger partial charge in [-0.1, -0.05) is 18.6 Å². The zero-order chi connectivity index (χ0) is 18.2. The van der Waals surface area contributed by atoms with Gasteiger partial charge in [0.05, 0.1) is 5.69 Å². The number of nitrogens with zero attached hydrogens (tertiary/aromatic N) is 3. The van der Waals surface area contributed by atoms with Gasteiger partial charge in [0.15, 0.2) is 0 Å².